The van der Waals surface area contributed by atoms with Crippen LogP contribution in [0.15, 0.2) is 30.3 Å². The standard InChI is InChI=1S/C18H29NO5Si/c1-13(24-25(5,6)18(2,3)4)15(16(20)21)19-17(22)23-12-14-10-8-7-9-11-14/h7-11,13,15H,12H2,1-6H3,(H,19,22)(H,20,21)/t13-,15+/m0/s1. The summed E-state index contributed by atoms with van der Waals surface area (Å²) in [5, 5.41) is 11.8. The Balaban J connectivity index is 2.67. The van der Waals surface area contributed by atoms with E-state index in [1.165, 1.54) is 0 Å². The SMILES string of the molecule is C[C@H](O[Si](C)(C)C(C)(C)C)[C@@H](NC(=O)OCc1ccccc1)C(=O)O. The normalized spacial score (nSPS) is 14.5. The van der Waals surface area contributed by atoms with Crippen molar-refractivity contribution in [2.75, 3.05) is 0 Å². The number of hydrogen-bond acceptors (Lipinski definition) is 4. The Kier molecular flexibility index (Phi) is 7.19. The molecule has 7 heteroatoms. The molecule has 0 unspecified atom stereocenters. The van der Waals surface area contributed by atoms with E-state index in [1.54, 1.807) is 6.92 Å². The summed E-state index contributed by atoms with van der Waals surface area (Å²) in [4.78, 5) is 23.5. The molecule has 0 saturated heterocycles. The predicted molar refractivity (Wildman–Crippen MR) is 98.9 cm³/mol. The maximum Gasteiger partial charge on any atom is 0.408 e. The summed E-state index contributed by atoms with van der Waals surface area (Å²) in [6.45, 7) is 12.0. The number of aliphatic carboxylic acids is 1. The fraction of sp³-hybridized carbons (Fsp3) is 0.556. The number of benzene rings is 1. The summed E-state index contributed by atoms with van der Waals surface area (Å²) in [6.07, 6.45) is -1.44. The zero-order valence-electron chi connectivity index (χ0n) is 15.8. The number of amides is 1. The van der Waals surface area contributed by atoms with Crippen LogP contribution in [0.25, 0.3) is 0 Å². The van der Waals surface area contributed by atoms with Gasteiger partial charge in [0.1, 0.15) is 6.61 Å². The Hall–Kier alpha value is -1.86. The lowest BCUT2D eigenvalue weighted by Gasteiger charge is -2.39. The van der Waals surface area contributed by atoms with E-state index in [9.17, 15) is 14.7 Å². The molecule has 0 heterocycles. The van der Waals surface area contributed by atoms with Gasteiger partial charge >= 0.3 is 12.1 Å². The number of carbonyl (C=O) groups is 2. The number of carbonyl (C=O) groups excluding carboxylic acids is 1. The summed E-state index contributed by atoms with van der Waals surface area (Å²) in [5.74, 6) is -1.15. The van der Waals surface area contributed by atoms with Crippen molar-refractivity contribution in [3.63, 3.8) is 0 Å². The van der Waals surface area contributed by atoms with Gasteiger partial charge in [0.25, 0.3) is 0 Å². The average Bonchev–Trinajstić information content (AvgIpc) is 2.49. The second-order valence-electron chi connectivity index (χ2n) is 7.61. The van der Waals surface area contributed by atoms with Gasteiger partial charge in [0.05, 0.1) is 6.10 Å². The minimum absolute atomic E-state index is 0.0574. The number of carboxylic acid groups (broad SMARTS) is 1. The Morgan fingerprint density at radius 2 is 1.76 bits per heavy atom. The highest BCUT2D eigenvalue weighted by Gasteiger charge is 2.41. The highest BCUT2D eigenvalue weighted by Crippen LogP contribution is 2.37. The van der Waals surface area contributed by atoms with Gasteiger partial charge in [-0.1, -0.05) is 51.1 Å². The fourth-order valence-corrected chi connectivity index (χ4v) is 3.40. The maximum atomic E-state index is 12.0. The van der Waals surface area contributed by atoms with Gasteiger partial charge in [-0.25, -0.2) is 9.59 Å². The van der Waals surface area contributed by atoms with E-state index in [2.05, 4.69) is 26.1 Å². The molecule has 0 aliphatic rings. The smallest absolute Gasteiger partial charge is 0.408 e. The molecule has 0 saturated carbocycles. The largest absolute Gasteiger partial charge is 0.480 e. The molecule has 25 heavy (non-hydrogen) atoms. The number of ether oxygens (including phenoxy) is 1. The second-order valence-corrected chi connectivity index (χ2v) is 12.4. The molecule has 1 aromatic carbocycles. The minimum Gasteiger partial charge on any atom is -0.480 e. The summed E-state index contributed by atoms with van der Waals surface area (Å²) in [6, 6.07) is 8.02. The third kappa shape index (κ3) is 6.51. The molecule has 0 bridgehead atoms. The number of nitrogens with one attached hydrogen (secondary N) is 1. The molecule has 0 aliphatic heterocycles. The lowest BCUT2D eigenvalue weighted by Crippen LogP contribution is -2.53. The highest BCUT2D eigenvalue weighted by atomic mass is 28.4. The van der Waals surface area contributed by atoms with Crippen LogP contribution in [0, 0.1) is 0 Å². The number of alkyl carbamates (subject to hydrolysis) is 1. The van der Waals surface area contributed by atoms with E-state index >= 15 is 0 Å². The van der Waals surface area contributed by atoms with Crippen LogP contribution in [0.1, 0.15) is 33.3 Å². The van der Waals surface area contributed by atoms with Crippen LogP contribution in [-0.2, 0) is 20.6 Å². The fourth-order valence-electron chi connectivity index (χ4n) is 1.98. The van der Waals surface area contributed by atoms with Crippen LogP contribution in [0.3, 0.4) is 0 Å². The van der Waals surface area contributed by atoms with Crippen molar-refractivity contribution >= 4 is 20.4 Å². The Bertz CT molecular complexity index is 583. The van der Waals surface area contributed by atoms with Crippen molar-refractivity contribution in [3.8, 4) is 0 Å². The molecule has 6 nitrogen and oxygen atoms in total. The second kappa shape index (κ2) is 8.49. The number of rotatable bonds is 7. The van der Waals surface area contributed by atoms with Gasteiger partial charge < -0.3 is 19.6 Å². The maximum absolute atomic E-state index is 12.0. The molecule has 2 N–H and O–H groups in total. The first-order valence-electron chi connectivity index (χ1n) is 8.32. The molecular formula is C18H29NO5Si. The van der Waals surface area contributed by atoms with Crippen LogP contribution >= 0.6 is 0 Å². The monoisotopic (exact) mass is 367 g/mol. The number of hydrogen-bond donors (Lipinski definition) is 2. The van der Waals surface area contributed by atoms with Gasteiger partial charge in [-0.3, -0.25) is 0 Å². The van der Waals surface area contributed by atoms with E-state index in [4.69, 9.17) is 9.16 Å². The molecule has 0 radical (unpaired) electrons. The first-order valence-corrected chi connectivity index (χ1v) is 11.2. The molecule has 0 fully saturated rings. The molecule has 1 aromatic rings. The van der Waals surface area contributed by atoms with Crippen LogP contribution in [0.4, 0.5) is 4.79 Å². The van der Waals surface area contributed by atoms with E-state index in [1.807, 2.05) is 43.4 Å². The third-order valence-electron chi connectivity index (χ3n) is 4.51. The molecule has 0 aromatic heterocycles. The van der Waals surface area contributed by atoms with Gasteiger partial charge in [-0.05, 0) is 30.6 Å². The zero-order valence-corrected chi connectivity index (χ0v) is 16.8. The summed E-state index contributed by atoms with van der Waals surface area (Å²) >= 11 is 0. The highest BCUT2D eigenvalue weighted by molar-refractivity contribution is 6.74. The molecule has 1 amide bonds. The number of carboxylic acids is 1. The quantitative estimate of drug-likeness (QED) is 0.717. The third-order valence-corrected chi connectivity index (χ3v) is 9.08. The van der Waals surface area contributed by atoms with Gasteiger partial charge in [0.15, 0.2) is 14.4 Å². The topological polar surface area (TPSA) is 84.9 Å². The van der Waals surface area contributed by atoms with E-state index in [-0.39, 0.29) is 11.6 Å². The van der Waals surface area contributed by atoms with Crippen molar-refractivity contribution in [3.05, 3.63) is 35.9 Å². The summed E-state index contributed by atoms with van der Waals surface area (Å²) < 4.78 is 11.2. The first kappa shape index (κ1) is 21.2. The molecule has 2 atom stereocenters. The van der Waals surface area contributed by atoms with E-state index < -0.39 is 32.5 Å². The molecular weight excluding hydrogens is 338 g/mol. The Morgan fingerprint density at radius 3 is 2.24 bits per heavy atom. The average molecular weight is 368 g/mol. The van der Waals surface area contributed by atoms with Crippen molar-refractivity contribution in [1.82, 2.24) is 5.32 Å². The summed E-state index contributed by atoms with van der Waals surface area (Å²) in [5.41, 5.74) is 0.829. The molecule has 1 rings (SSSR count). The van der Waals surface area contributed by atoms with Crippen LogP contribution in [0.2, 0.25) is 18.1 Å². The Labute approximate surface area is 150 Å². The minimum atomic E-state index is -2.15. The van der Waals surface area contributed by atoms with Crippen molar-refractivity contribution in [2.24, 2.45) is 0 Å². The predicted octanol–water partition coefficient (Wildman–Crippen LogP) is 3.78. The Morgan fingerprint density at radius 1 is 1.20 bits per heavy atom. The molecule has 0 spiro atoms. The van der Waals surface area contributed by atoms with Crippen molar-refractivity contribution in [1.29, 1.82) is 0 Å². The van der Waals surface area contributed by atoms with Gasteiger partial charge in [0.2, 0.25) is 0 Å². The zero-order chi connectivity index (χ0) is 19.3. The summed E-state index contributed by atoms with van der Waals surface area (Å²) in [7, 11) is -2.15. The van der Waals surface area contributed by atoms with Crippen molar-refractivity contribution in [2.45, 2.75) is 64.6 Å². The van der Waals surface area contributed by atoms with E-state index in [0.29, 0.717) is 0 Å². The molecule has 140 valence electrons. The van der Waals surface area contributed by atoms with Gasteiger partial charge in [0, 0.05) is 0 Å². The van der Waals surface area contributed by atoms with E-state index in [0.717, 1.165) is 5.56 Å². The molecule has 0 aliphatic carbocycles. The van der Waals surface area contributed by atoms with Gasteiger partial charge in [-0.2, -0.15) is 0 Å². The van der Waals surface area contributed by atoms with Crippen molar-refractivity contribution < 1.29 is 23.9 Å². The van der Waals surface area contributed by atoms with Crippen LogP contribution in [-0.4, -0.2) is 37.6 Å². The van der Waals surface area contributed by atoms with Gasteiger partial charge in [-0.15, -0.1) is 0 Å². The van der Waals surface area contributed by atoms with Crippen LogP contribution < -0.4 is 5.32 Å². The van der Waals surface area contributed by atoms with Crippen LogP contribution in [0.5, 0.6) is 0 Å². The lowest BCUT2D eigenvalue weighted by atomic mass is 10.2. The lowest BCUT2D eigenvalue weighted by molar-refractivity contribution is -0.141. The first-order chi connectivity index (χ1) is 11.4.